The molecule has 13 heavy (non-hydrogen) atoms. The summed E-state index contributed by atoms with van der Waals surface area (Å²) >= 11 is 0. The predicted molar refractivity (Wildman–Crippen MR) is 48.2 cm³/mol. The van der Waals surface area contributed by atoms with Crippen LogP contribution in [0.15, 0.2) is 30.3 Å². The van der Waals surface area contributed by atoms with Crippen molar-refractivity contribution in [3.05, 3.63) is 35.9 Å². The van der Waals surface area contributed by atoms with Crippen LogP contribution in [0.4, 0.5) is 0 Å². The maximum atomic E-state index is 11.0. The Morgan fingerprint density at radius 2 is 2.00 bits per heavy atom. The summed E-state index contributed by atoms with van der Waals surface area (Å²) in [6.45, 7) is 0.532. The quantitative estimate of drug-likeness (QED) is 0.646. The molecular formula is C10H11NO2. The topological polar surface area (TPSA) is 49.3 Å². The van der Waals surface area contributed by atoms with Crippen molar-refractivity contribution in [1.82, 2.24) is 5.32 Å². The van der Waals surface area contributed by atoms with E-state index in [1.165, 1.54) is 0 Å². The summed E-state index contributed by atoms with van der Waals surface area (Å²) in [6.07, 6.45) is -0.887. The molecule has 1 heterocycles. The lowest BCUT2D eigenvalue weighted by atomic mass is 9.96. The summed E-state index contributed by atoms with van der Waals surface area (Å²) in [5.74, 6) is -0.359. The number of carbonyl (C=O) groups excluding carboxylic acids is 1. The van der Waals surface area contributed by atoms with Gasteiger partial charge in [-0.1, -0.05) is 30.3 Å². The lowest BCUT2D eigenvalue weighted by Gasteiger charge is -2.10. The van der Waals surface area contributed by atoms with E-state index in [0.717, 1.165) is 5.56 Å². The Kier molecular flexibility index (Phi) is 2.02. The standard InChI is InChI=1S/C10H11NO2/c12-9-8(6-11-10(9)13)7-4-2-1-3-5-7/h1-5,8-9,12H,6H2,(H,11,13)/t8-,9-/m1/s1. The smallest absolute Gasteiger partial charge is 0.249 e. The van der Waals surface area contributed by atoms with Crippen LogP contribution in [0.25, 0.3) is 0 Å². The maximum Gasteiger partial charge on any atom is 0.249 e. The summed E-state index contributed by atoms with van der Waals surface area (Å²) < 4.78 is 0. The molecule has 0 radical (unpaired) electrons. The first kappa shape index (κ1) is 8.26. The van der Waals surface area contributed by atoms with Gasteiger partial charge in [0, 0.05) is 12.5 Å². The first-order valence-electron chi connectivity index (χ1n) is 4.30. The van der Waals surface area contributed by atoms with Gasteiger partial charge in [0.2, 0.25) is 5.91 Å². The minimum absolute atomic E-state index is 0.0892. The Morgan fingerprint density at radius 3 is 2.54 bits per heavy atom. The normalized spacial score (nSPS) is 27.3. The van der Waals surface area contributed by atoms with E-state index in [-0.39, 0.29) is 11.8 Å². The molecular weight excluding hydrogens is 166 g/mol. The average molecular weight is 177 g/mol. The molecule has 1 saturated heterocycles. The number of amides is 1. The predicted octanol–water partition coefficient (Wildman–Crippen LogP) is 0.261. The molecule has 1 aromatic rings. The Labute approximate surface area is 76.4 Å². The molecule has 0 aromatic heterocycles. The summed E-state index contributed by atoms with van der Waals surface area (Å²) in [7, 11) is 0. The average Bonchev–Trinajstić information content (AvgIpc) is 2.49. The second-order valence-electron chi connectivity index (χ2n) is 3.21. The molecule has 1 amide bonds. The Morgan fingerprint density at radius 1 is 1.31 bits per heavy atom. The molecule has 3 heteroatoms. The number of carbonyl (C=O) groups is 1. The van der Waals surface area contributed by atoms with Crippen molar-refractivity contribution < 1.29 is 9.90 Å². The minimum atomic E-state index is -0.887. The van der Waals surface area contributed by atoms with Gasteiger partial charge >= 0.3 is 0 Å². The first-order valence-corrected chi connectivity index (χ1v) is 4.30. The lowest BCUT2D eigenvalue weighted by Crippen LogP contribution is -2.23. The third-order valence-electron chi connectivity index (χ3n) is 2.37. The maximum absolute atomic E-state index is 11.0. The minimum Gasteiger partial charge on any atom is -0.383 e. The van der Waals surface area contributed by atoms with Crippen LogP contribution in [0.3, 0.4) is 0 Å². The van der Waals surface area contributed by atoms with E-state index in [9.17, 15) is 9.90 Å². The van der Waals surface area contributed by atoms with Crippen molar-refractivity contribution >= 4 is 5.91 Å². The molecule has 3 nitrogen and oxygen atoms in total. The van der Waals surface area contributed by atoms with Gasteiger partial charge in [-0.15, -0.1) is 0 Å². The molecule has 1 aliphatic heterocycles. The number of aliphatic hydroxyl groups excluding tert-OH is 1. The van der Waals surface area contributed by atoms with Gasteiger partial charge in [0.05, 0.1) is 0 Å². The molecule has 0 aliphatic carbocycles. The van der Waals surface area contributed by atoms with Crippen LogP contribution in [0.1, 0.15) is 11.5 Å². The zero-order chi connectivity index (χ0) is 9.26. The molecule has 2 rings (SSSR count). The van der Waals surface area contributed by atoms with Gasteiger partial charge in [-0.3, -0.25) is 4.79 Å². The highest BCUT2D eigenvalue weighted by molar-refractivity contribution is 5.84. The molecule has 0 unspecified atom stereocenters. The summed E-state index contributed by atoms with van der Waals surface area (Å²) in [5, 5.41) is 12.1. The third kappa shape index (κ3) is 1.42. The SMILES string of the molecule is O=C1NC[C@H](c2ccccc2)[C@H]1O. The van der Waals surface area contributed by atoms with Crippen molar-refractivity contribution in [2.75, 3.05) is 6.54 Å². The Bertz CT molecular complexity index is 310. The van der Waals surface area contributed by atoms with Gasteiger partial charge in [-0.2, -0.15) is 0 Å². The van der Waals surface area contributed by atoms with E-state index in [4.69, 9.17) is 0 Å². The monoisotopic (exact) mass is 177 g/mol. The van der Waals surface area contributed by atoms with Crippen LogP contribution in [0.2, 0.25) is 0 Å². The molecule has 1 aromatic carbocycles. The van der Waals surface area contributed by atoms with E-state index < -0.39 is 6.10 Å². The van der Waals surface area contributed by atoms with Gasteiger partial charge < -0.3 is 10.4 Å². The van der Waals surface area contributed by atoms with E-state index in [1.807, 2.05) is 30.3 Å². The zero-order valence-electron chi connectivity index (χ0n) is 7.10. The van der Waals surface area contributed by atoms with Crippen molar-refractivity contribution in [2.24, 2.45) is 0 Å². The Balaban J connectivity index is 2.24. The van der Waals surface area contributed by atoms with Gasteiger partial charge in [0.1, 0.15) is 6.10 Å². The molecule has 0 bridgehead atoms. The van der Waals surface area contributed by atoms with E-state index in [1.54, 1.807) is 0 Å². The van der Waals surface area contributed by atoms with Crippen molar-refractivity contribution in [3.8, 4) is 0 Å². The van der Waals surface area contributed by atoms with Crippen LogP contribution >= 0.6 is 0 Å². The van der Waals surface area contributed by atoms with Crippen molar-refractivity contribution in [2.45, 2.75) is 12.0 Å². The van der Waals surface area contributed by atoms with E-state index in [0.29, 0.717) is 6.54 Å². The second-order valence-corrected chi connectivity index (χ2v) is 3.21. The summed E-state index contributed by atoms with van der Waals surface area (Å²) in [6, 6.07) is 9.58. The molecule has 68 valence electrons. The zero-order valence-corrected chi connectivity index (χ0v) is 7.10. The van der Waals surface area contributed by atoms with Gasteiger partial charge in [0.15, 0.2) is 0 Å². The molecule has 0 saturated carbocycles. The van der Waals surface area contributed by atoms with Crippen LogP contribution in [0.5, 0.6) is 0 Å². The Hall–Kier alpha value is -1.35. The fourth-order valence-electron chi connectivity index (χ4n) is 1.61. The second kappa shape index (κ2) is 3.18. The lowest BCUT2D eigenvalue weighted by molar-refractivity contribution is -0.126. The van der Waals surface area contributed by atoms with Crippen molar-refractivity contribution in [1.29, 1.82) is 0 Å². The third-order valence-corrected chi connectivity index (χ3v) is 2.37. The van der Waals surface area contributed by atoms with Crippen LogP contribution < -0.4 is 5.32 Å². The molecule has 2 N–H and O–H groups in total. The van der Waals surface area contributed by atoms with Gasteiger partial charge in [-0.25, -0.2) is 0 Å². The fourth-order valence-corrected chi connectivity index (χ4v) is 1.61. The number of hydrogen-bond donors (Lipinski definition) is 2. The van der Waals surface area contributed by atoms with Gasteiger partial charge in [-0.05, 0) is 5.56 Å². The first-order chi connectivity index (χ1) is 6.29. The molecule has 1 fully saturated rings. The number of rotatable bonds is 1. The van der Waals surface area contributed by atoms with Crippen LogP contribution in [-0.4, -0.2) is 23.7 Å². The molecule has 1 aliphatic rings. The molecule has 0 spiro atoms. The van der Waals surface area contributed by atoms with Crippen LogP contribution in [-0.2, 0) is 4.79 Å². The highest BCUT2D eigenvalue weighted by Gasteiger charge is 2.33. The number of benzene rings is 1. The summed E-state index contributed by atoms with van der Waals surface area (Å²) in [4.78, 5) is 11.0. The fraction of sp³-hybridized carbons (Fsp3) is 0.300. The molecule has 2 atom stereocenters. The summed E-state index contributed by atoms with van der Waals surface area (Å²) in [5.41, 5.74) is 1.01. The largest absolute Gasteiger partial charge is 0.383 e. The number of nitrogens with one attached hydrogen (secondary N) is 1. The van der Waals surface area contributed by atoms with E-state index >= 15 is 0 Å². The van der Waals surface area contributed by atoms with E-state index in [2.05, 4.69) is 5.32 Å². The van der Waals surface area contributed by atoms with Gasteiger partial charge in [0.25, 0.3) is 0 Å². The van der Waals surface area contributed by atoms with Crippen molar-refractivity contribution in [3.63, 3.8) is 0 Å². The van der Waals surface area contributed by atoms with Crippen LogP contribution in [0, 0.1) is 0 Å². The number of aliphatic hydroxyl groups is 1. The number of hydrogen-bond acceptors (Lipinski definition) is 2. The highest BCUT2D eigenvalue weighted by atomic mass is 16.3. The highest BCUT2D eigenvalue weighted by Crippen LogP contribution is 2.22.